The van der Waals surface area contributed by atoms with E-state index in [2.05, 4.69) is 64.8 Å². The number of H-pyrrole nitrogens is 1. The van der Waals surface area contributed by atoms with Gasteiger partial charge in [0.1, 0.15) is 17.1 Å². The molecule has 2 amide bonds. The summed E-state index contributed by atoms with van der Waals surface area (Å²) in [5.74, 6) is 0.989. The maximum Gasteiger partial charge on any atom is 0.410 e. The van der Waals surface area contributed by atoms with Gasteiger partial charge in [0.25, 0.3) is 5.91 Å². The van der Waals surface area contributed by atoms with E-state index in [-0.39, 0.29) is 34.7 Å². The van der Waals surface area contributed by atoms with Gasteiger partial charge in [0.05, 0.1) is 18.1 Å². The van der Waals surface area contributed by atoms with Crippen LogP contribution in [0.25, 0.3) is 10.9 Å². The Labute approximate surface area is 249 Å². The lowest BCUT2D eigenvalue weighted by Gasteiger charge is -2.40. The summed E-state index contributed by atoms with van der Waals surface area (Å²) in [5, 5.41) is 15.7. The number of nitrogens with one attached hydrogen (secondary N) is 3. The number of ether oxygens (including phenoxy) is 1. The van der Waals surface area contributed by atoms with E-state index in [1.54, 1.807) is 4.90 Å². The molecular weight excluding hydrogens is 565 g/mol. The van der Waals surface area contributed by atoms with E-state index in [1.165, 1.54) is 0 Å². The normalized spacial score (nSPS) is 16.3. The summed E-state index contributed by atoms with van der Waals surface area (Å²) in [6.45, 7) is 12.9. The number of anilines is 1. The van der Waals surface area contributed by atoms with Gasteiger partial charge in [-0.25, -0.2) is 9.78 Å². The minimum Gasteiger partial charge on any atom is -0.444 e. The van der Waals surface area contributed by atoms with Crippen LogP contribution in [0.3, 0.4) is 0 Å². The molecule has 0 unspecified atom stereocenters. The molecular formula is C29H37Cl2N7O3. The maximum atomic E-state index is 13.5. The van der Waals surface area contributed by atoms with Gasteiger partial charge >= 0.3 is 6.09 Å². The number of hydrogen-bond acceptors (Lipinski definition) is 6. The molecule has 1 aliphatic heterocycles. The van der Waals surface area contributed by atoms with Gasteiger partial charge < -0.3 is 24.8 Å². The second-order valence-electron chi connectivity index (χ2n) is 12.7. The summed E-state index contributed by atoms with van der Waals surface area (Å²) in [5.41, 5.74) is 1.47. The Hall–Kier alpha value is -3.24. The summed E-state index contributed by atoms with van der Waals surface area (Å²) in [6, 6.07) is 3.78. The van der Waals surface area contributed by atoms with Gasteiger partial charge in [0.2, 0.25) is 0 Å². The van der Waals surface area contributed by atoms with E-state index in [1.807, 2.05) is 31.4 Å². The lowest BCUT2D eigenvalue weighted by atomic mass is 9.86. The minimum atomic E-state index is -0.574. The standard InChI is InChI=1S/C29H37Cl2N7O3/c1-28(2,3)19-11-18-21(12-20(19)30)35-36-25(18)32-13-22-34-24(31)23(38(22)17-9-7-8-10-17)26(39)33-16-14-37(15-16)27(40)41-29(4,5)6/h7-8,11-12,16-17H,9-10,13-15H2,1-6H3,(H,33,39)(H2,32,35,36). The van der Waals surface area contributed by atoms with E-state index in [0.29, 0.717) is 42.0 Å². The van der Waals surface area contributed by atoms with Crippen molar-refractivity contribution in [2.45, 2.75) is 84.0 Å². The lowest BCUT2D eigenvalue weighted by Crippen LogP contribution is -2.61. The second-order valence-corrected chi connectivity index (χ2v) is 13.5. The predicted octanol–water partition coefficient (Wildman–Crippen LogP) is 6.22. The molecule has 10 nitrogen and oxygen atoms in total. The van der Waals surface area contributed by atoms with Crippen LogP contribution in [0.5, 0.6) is 0 Å². The highest BCUT2D eigenvalue weighted by Gasteiger charge is 2.36. The number of allylic oxidation sites excluding steroid dienone is 2. The molecule has 12 heteroatoms. The van der Waals surface area contributed by atoms with Crippen molar-refractivity contribution >= 4 is 51.9 Å². The summed E-state index contributed by atoms with van der Waals surface area (Å²) < 4.78 is 7.34. The number of fused-ring (bicyclic) bond motifs is 1. The fourth-order valence-corrected chi connectivity index (χ4v) is 5.91. The Morgan fingerprint density at radius 1 is 1.10 bits per heavy atom. The van der Waals surface area contributed by atoms with Crippen molar-refractivity contribution in [3.05, 3.63) is 51.5 Å². The van der Waals surface area contributed by atoms with Gasteiger partial charge in [-0.1, -0.05) is 56.1 Å². The van der Waals surface area contributed by atoms with Crippen molar-refractivity contribution in [3.8, 4) is 0 Å². The molecule has 0 saturated carbocycles. The summed E-state index contributed by atoms with van der Waals surface area (Å²) >= 11 is 13.1. The van der Waals surface area contributed by atoms with Crippen molar-refractivity contribution in [2.75, 3.05) is 18.4 Å². The van der Waals surface area contributed by atoms with Gasteiger partial charge in [-0.05, 0) is 56.7 Å². The van der Waals surface area contributed by atoms with E-state index in [4.69, 9.17) is 27.9 Å². The monoisotopic (exact) mass is 601 g/mol. The molecule has 220 valence electrons. The van der Waals surface area contributed by atoms with Gasteiger partial charge in [-0.15, -0.1) is 0 Å². The molecule has 5 rings (SSSR count). The molecule has 1 aliphatic carbocycles. The number of hydrogen-bond donors (Lipinski definition) is 3. The van der Waals surface area contributed by atoms with Crippen molar-refractivity contribution in [1.82, 2.24) is 30.0 Å². The van der Waals surface area contributed by atoms with E-state index >= 15 is 0 Å². The fraction of sp³-hybridized carbons (Fsp3) is 0.517. The SMILES string of the molecule is CC(C)(C)OC(=O)N1CC(NC(=O)c2c(Cl)nc(CNc3n[nH]c4cc(Cl)c(C(C)(C)C)cc34)n2C2CC=CC2)C1. The van der Waals surface area contributed by atoms with Gasteiger partial charge in [-0.3, -0.25) is 9.89 Å². The van der Waals surface area contributed by atoms with Gasteiger partial charge in [-0.2, -0.15) is 5.10 Å². The van der Waals surface area contributed by atoms with Crippen molar-refractivity contribution in [3.63, 3.8) is 0 Å². The first-order valence-electron chi connectivity index (χ1n) is 13.8. The van der Waals surface area contributed by atoms with E-state index in [9.17, 15) is 9.59 Å². The smallest absolute Gasteiger partial charge is 0.410 e. The van der Waals surface area contributed by atoms with E-state index < -0.39 is 5.60 Å². The highest BCUT2D eigenvalue weighted by Crippen LogP contribution is 2.35. The number of aromatic nitrogens is 4. The number of rotatable bonds is 6. The molecule has 0 bridgehead atoms. The number of imidazole rings is 1. The average molecular weight is 603 g/mol. The number of likely N-dealkylation sites (tertiary alicyclic amines) is 1. The Morgan fingerprint density at radius 2 is 1.78 bits per heavy atom. The molecule has 0 radical (unpaired) electrons. The van der Waals surface area contributed by atoms with Crippen LogP contribution in [0.1, 0.15) is 82.3 Å². The molecule has 0 spiro atoms. The fourth-order valence-electron chi connectivity index (χ4n) is 5.19. The highest BCUT2D eigenvalue weighted by atomic mass is 35.5. The number of aromatic amines is 1. The van der Waals surface area contributed by atoms with Crippen LogP contribution >= 0.6 is 23.2 Å². The van der Waals surface area contributed by atoms with Crippen LogP contribution in [0.4, 0.5) is 10.6 Å². The number of amides is 2. The minimum absolute atomic E-state index is 0.0226. The Morgan fingerprint density at radius 3 is 2.41 bits per heavy atom. The van der Waals surface area contributed by atoms with Crippen molar-refractivity contribution < 1.29 is 14.3 Å². The first-order valence-corrected chi connectivity index (χ1v) is 14.6. The quantitative estimate of drug-likeness (QED) is 0.289. The highest BCUT2D eigenvalue weighted by molar-refractivity contribution is 6.32. The van der Waals surface area contributed by atoms with Crippen LogP contribution in [0.2, 0.25) is 10.2 Å². The number of carbonyl (C=O) groups excluding carboxylic acids is 2. The molecule has 1 fully saturated rings. The molecule has 3 heterocycles. The molecule has 41 heavy (non-hydrogen) atoms. The topological polar surface area (TPSA) is 117 Å². The van der Waals surface area contributed by atoms with Crippen LogP contribution < -0.4 is 10.6 Å². The summed E-state index contributed by atoms with van der Waals surface area (Å²) in [4.78, 5) is 31.9. The summed E-state index contributed by atoms with van der Waals surface area (Å²) in [7, 11) is 0. The molecule has 3 N–H and O–H groups in total. The van der Waals surface area contributed by atoms with Crippen molar-refractivity contribution in [2.24, 2.45) is 0 Å². The zero-order valence-electron chi connectivity index (χ0n) is 24.3. The maximum absolute atomic E-state index is 13.5. The molecule has 0 atom stereocenters. The molecule has 3 aromatic rings. The third-order valence-electron chi connectivity index (χ3n) is 7.25. The molecule has 2 aliphatic rings. The number of halogens is 2. The molecule has 1 aromatic carbocycles. The molecule has 2 aromatic heterocycles. The van der Waals surface area contributed by atoms with Gasteiger partial charge in [0.15, 0.2) is 11.0 Å². The Bertz CT molecular complexity index is 1500. The number of carbonyl (C=O) groups is 2. The third kappa shape index (κ3) is 6.18. The van der Waals surface area contributed by atoms with Crippen LogP contribution in [0.15, 0.2) is 24.3 Å². The number of benzene rings is 1. The largest absolute Gasteiger partial charge is 0.444 e. The Kier molecular flexibility index (Phi) is 7.76. The number of nitrogens with zero attached hydrogens (tertiary/aromatic N) is 4. The third-order valence-corrected chi connectivity index (χ3v) is 7.82. The Balaban J connectivity index is 1.34. The van der Waals surface area contributed by atoms with Gasteiger partial charge in [0, 0.05) is 29.5 Å². The van der Waals surface area contributed by atoms with Crippen molar-refractivity contribution in [1.29, 1.82) is 0 Å². The second kappa shape index (κ2) is 10.9. The predicted molar refractivity (Wildman–Crippen MR) is 161 cm³/mol. The van der Waals surface area contributed by atoms with Crippen LogP contribution in [-0.4, -0.2) is 61.4 Å². The lowest BCUT2D eigenvalue weighted by molar-refractivity contribution is 0.00528. The first-order chi connectivity index (χ1) is 19.2. The van der Waals surface area contributed by atoms with Crippen LogP contribution in [-0.2, 0) is 16.7 Å². The first kappa shape index (κ1) is 29.3. The van der Waals surface area contributed by atoms with E-state index in [0.717, 1.165) is 29.3 Å². The zero-order chi connectivity index (χ0) is 29.7. The van der Waals surface area contributed by atoms with Crippen LogP contribution in [0, 0.1) is 0 Å². The average Bonchev–Trinajstić information content (AvgIpc) is 3.55. The molecule has 1 saturated heterocycles. The summed E-state index contributed by atoms with van der Waals surface area (Å²) in [6.07, 6.45) is 5.35. The zero-order valence-corrected chi connectivity index (χ0v) is 25.8.